The fraction of sp³-hybridized carbons (Fsp3) is 0.116. The van der Waals surface area contributed by atoms with Gasteiger partial charge in [0.15, 0.2) is 0 Å². The summed E-state index contributed by atoms with van der Waals surface area (Å²) >= 11 is 0. The Morgan fingerprint density at radius 3 is 1.98 bits per heavy atom. The summed E-state index contributed by atoms with van der Waals surface area (Å²) in [4.78, 5) is 29.9. The van der Waals surface area contributed by atoms with Crippen LogP contribution in [0.25, 0.3) is 65.9 Å². The molecule has 0 saturated heterocycles. The van der Waals surface area contributed by atoms with Crippen LogP contribution >= 0.6 is 0 Å². The number of hydrogen-bond acceptors (Lipinski definition) is 2. The van der Waals surface area contributed by atoms with Crippen LogP contribution < -0.4 is 11.1 Å². The Bertz CT molecular complexity index is 2770. The number of rotatable bonds is 2. The van der Waals surface area contributed by atoms with Gasteiger partial charge in [0.2, 0.25) is 0 Å². The van der Waals surface area contributed by atoms with Crippen molar-refractivity contribution in [3.8, 4) is 22.5 Å². The summed E-state index contributed by atoms with van der Waals surface area (Å²) in [5.74, 6) is 0. The first kappa shape index (κ1) is 27.6. The van der Waals surface area contributed by atoms with E-state index in [2.05, 4.69) is 97.3 Å². The standard InChI is InChI=1S/C43H32N2O2/c1-25-18-19-26(2)39(20-25)45-41(46)34-23-37-32(28-14-8-10-16-36(28)43(37,3)4)21-30(34)31-22-33-29-15-9-11-17-38(29)44(27-12-6-5-7-13-27)40(33)24-35(31)42(45)47/h5-24H,1-4H3. The van der Waals surface area contributed by atoms with Crippen LogP contribution in [0.2, 0.25) is 0 Å². The molecular weight excluding hydrogens is 576 g/mol. The fourth-order valence-electron chi connectivity index (χ4n) is 7.93. The molecule has 226 valence electrons. The van der Waals surface area contributed by atoms with Crippen molar-refractivity contribution in [2.24, 2.45) is 0 Å². The van der Waals surface area contributed by atoms with E-state index in [1.54, 1.807) is 0 Å². The van der Waals surface area contributed by atoms with Gasteiger partial charge >= 0.3 is 0 Å². The molecule has 0 N–H and O–H groups in total. The van der Waals surface area contributed by atoms with Crippen LogP contribution in [0.3, 0.4) is 0 Å². The van der Waals surface area contributed by atoms with Crippen LogP contribution in [0, 0.1) is 13.8 Å². The number of fused-ring (bicyclic) bond motifs is 9. The molecule has 8 aromatic rings. The van der Waals surface area contributed by atoms with Crippen LogP contribution in [-0.4, -0.2) is 9.13 Å². The first-order valence-electron chi connectivity index (χ1n) is 16.1. The van der Waals surface area contributed by atoms with Crippen molar-refractivity contribution >= 4 is 43.4 Å². The quantitative estimate of drug-likeness (QED) is 0.196. The van der Waals surface area contributed by atoms with Gasteiger partial charge in [-0.2, -0.15) is 0 Å². The number of benzene rings is 6. The number of aryl methyl sites for hydroxylation is 2. The average Bonchev–Trinajstić information content (AvgIpc) is 3.50. The molecule has 4 heteroatoms. The van der Waals surface area contributed by atoms with Crippen molar-refractivity contribution in [2.75, 3.05) is 0 Å². The Labute approximate surface area is 271 Å². The number of aromatic nitrogens is 2. The van der Waals surface area contributed by atoms with E-state index in [1.807, 2.05) is 56.3 Å². The lowest BCUT2D eigenvalue weighted by molar-refractivity contribution is 0.661. The Kier molecular flexibility index (Phi) is 5.65. The molecule has 1 aliphatic carbocycles. The lowest BCUT2D eigenvalue weighted by atomic mass is 9.82. The van der Waals surface area contributed by atoms with Gasteiger partial charge in [0, 0.05) is 27.3 Å². The van der Waals surface area contributed by atoms with Gasteiger partial charge in [-0.3, -0.25) is 9.59 Å². The number of para-hydroxylation sites is 2. The predicted octanol–water partition coefficient (Wildman–Crippen LogP) is 9.52. The molecule has 2 heterocycles. The van der Waals surface area contributed by atoms with Gasteiger partial charge in [0.05, 0.1) is 22.1 Å². The molecule has 0 radical (unpaired) electrons. The van der Waals surface area contributed by atoms with Gasteiger partial charge in [-0.15, -0.1) is 0 Å². The van der Waals surface area contributed by atoms with Crippen molar-refractivity contribution < 1.29 is 0 Å². The van der Waals surface area contributed by atoms with Crippen LogP contribution in [0.15, 0.2) is 131 Å². The Morgan fingerprint density at radius 2 is 1.17 bits per heavy atom. The molecule has 0 saturated carbocycles. The van der Waals surface area contributed by atoms with E-state index in [4.69, 9.17) is 0 Å². The molecule has 0 fully saturated rings. The van der Waals surface area contributed by atoms with E-state index in [1.165, 1.54) is 15.7 Å². The zero-order valence-electron chi connectivity index (χ0n) is 26.8. The minimum Gasteiger partial charge on any atom is -0.309 e. The van der Waals surface area contributed by atoms with Crippen molar-refractivity contribution in [3.05, 3.63) is 164 Å². The maximum atomic E-state index is 15.0. The van der Waals surface area contributed by atoms with Crippen molar-refractivity contribution in [3.63, 3.8) is 0 Å². The third-order valence-corrected chi connectivity index (χ3v) is 10.3. The summed E-state index contributed by atoms with van der Waals surface area (Å²) in [7, 11) is 0. The predicted molar refractivity (Wildman–Crippen MR) is 195 cm³/mol. The Morgan fingerprint density at radius 1 is 0.489 bits per heavy atom. The van der Waals surface area contributed by atoms with Crippen molar-refractivity contribution in [2.45, 2.75) is 33.1 Å². The molecule has 2 aromatic heterocycles. The molecule has 6 aromatic carbocycles. The second-order valence-corrected chi connectivity index (χ2v) is 13.5. The van der Waals surface area contributed by atoms with Crippen molar-refractivity contribution in [1.82, 2.24) is 9.13 Å². The highest BCUT2D eigenvalue weighted by atomic mass is 16.2. The third-order valence-electron chi connectivity index (χ3n) is 10.3. The van der Waals surface area contributed by atoms with E-state index in [0.29, 0.717) is 16.5 Å². The highest BCUT2D eigenvalue weighted by Crippen LogP contribution is 2.50. The molecule has 0 spiro atoms. The van der Waals surface area contributed by atoms with Crippen LogP contribution in [0.1, 0.15) is 36.1 Å². The largest absolute Gasteiger partial charge is 0.309 e. The molecule has 0 aliphatic heterocycles. The summed E-state index contributed by atoms with van der Waals surface area (Å²) in [6.45, 7) is 8.39. The maximum absolute atomic E-state index is 15.0. The molecular formula is C43H32N2O2. The first-order valence-corrected chi connectivity index (χ1v) is 16.1. The summed E-state index contributed by atoms with van der Waals surface area (Å²) < 4.78 is 3.63. The highest BCUT2D eigenvalue weighted by molar-refractivity contribution is 6.18. The average molecular weight is 609 g/mol. The number of hydrogen-bond donors (Lipinski definition) is 0. The van der Waals surface area contributed by atoms with Crippen LogP contribution in [0.5, 0.6) is 0 Å². The molecule has 0 bridgehead atoms. The molecule has 0 atom stereocenters. The lowest BCUT2D eigenvalue weighted by Gasteiger charge is -2.21. The Hall–Kier alpha value is -5.74. The molecule has 4 nitrogen and oxygen atoms in total. The molecule has 0 amide bonds. The minimum atomic E-state index is -0.318. The molecule has 47 heavy (non-hydrogen) atoms. The Balaban J connectivity index is 1.54. The van der Waals surface area contributed by atoms with E-state index in [-0.39, 0.29) is 16.5 Å². The van der Waals surface area contributed by atoms with Crippen LogP contribution in [0.4, 0.5) is 0 Å². The van der Waals surface area contributed by atoms with Gasteiger partial charge in [-0.25, -0.2) is 4.57 Å². The van der Waals surface area contributed by atoms with E-state index in [9.17, 15) is 9.59 Å². The lowest BCUT2D eigenvalue weighted by Crippen LogP contribution is -2.29. The van der Waals surface area contributed by atoms with E-state index < -0.39 is 0 Å². The topological polar surface area (TPSA) is 44.0 Å². The zero-order valence-corrected chi connectivity index (χ0v) is 26.8. The normalized spacial score (nSPS) is 13.4. The molecule has 0 unspecified atom stereocenters. The van der Waals surface area contributed by atoms with Gasteiger partial charge in [0.25, 0.3) is 11.1 Å². The minimum absolute atomic E-state index is 0.294. The SMILES string of the molecule is Cc1ccc(C)c(-n2c(=O)c3cc4c(cc3c3cc5c6ccccc6n(-c6ccccc6)c5cc3c2=O)-c2ccccc2C4(C)C)c1. The second kappa shape index (κ2) is 9.63. The first-order chi connectivity index (χ1) is 22.7. The molecule has 1 aliphatic rings. The van der Waals surface area contributed by atoms with Gasteiger partial charge in [-0.05, 0) is 107 Å². The van der Waals surface area contributed by atoms with Crippen molar-refractivity contribution in [1.29, 1.82) is 0 Å². The monoisotopic (exact) mass is 608 g/mol. The number of nitrogens with zero attached hydrogens (tertiary/aromatic N) is 2. The second-order valence-electron chi connectivity index (χ2n) is 13.5. The van der Waals surface area contributed by atoms with E-state index in [0.717, 1.165) is 60.5 Å². The van der Waals surface area contributed by atoms with Gasteiger partial charge < -0.3 is 4.57 Å². The summed E-state index contributed by atoms with van der Waals surface area (Å²) in [5, 5.41) is 4.75. The van der Waals surface area contributed by atoms with Gasteiger partial charge in [-0.1, -0.05) is 86.6 Å². The van der Waals surface area contributed by atoms with Gasteiger partial charge in [0.1, 0.15) is 0 Å². The third kappa shape index (κ3) is 3.76. The summed E-state index contributed by atoms with van der Waals surface area (Å²) in [6.07, 6.45) is 0. The summed E-state index contributed by atoms with van der Waals surface area (Å²) in [5.41, 5.74) is 9.19. The smallest absolute Gasteiger partial charge is 0.266 e. The zero-order chi connectivity index (χ0) is 32.2. The summed E-state index contributed by atoms with van der Waals surface area (Å²) in [6, 6.07) is 41.4. The van der Waals surface area contributed by atoms with E-state index >= 15 is 0 Å². The molecule has 9 rings (SSSR count). The fourth-order valence-corrected chi connectivity index (χ4v) is 7.93. The maximum Gasteiger partial charge on any atom is 0.266 e. The van der Waals surface area contributed by atoms with Crippen LogP contribution in [-0.2, 0) is 5.41 Å². The highest BCUT2D eigenvalue weighted by Gasteiger charge is 2.36.